The number of benzene rings is 2. The fourth-order valence-corrected chi connectivity index (χ4v) is 2.18. The summed E-state index contributed by atoms with van der Waals surface area (Å²) in [6.07, 6.45) is 0. The molecule has 0 aromatic heterocycles. The van der Waals surface area contributed by atoms with Gasteiger partial charge in [-0.2, -0.15) is 8.78 Å². The Hall–Kier alpha value is -2.68. The summed E-state index contributed by atoms with van der Waals surface area (Å²) in [6, 6.07) is 10.5. The molecule has 0 saturated heterocycles. The summed E-state index contributed by atoms with van der Waals surface area (Å²) in [5.41, 5.74) is 4.43. The number of carbonyl (C=O) groups is 2. The first-order valence-corrected chi connectivity index (χ1v) is 7.69. The Bertz CT molecular complexity index is 769. The number of amides is 2. The second-order valence-electron chi connectivity index (χ2n) is 4.63. The molecule has 0 aliphatic heterocycles. The van der Waals surface area contributed by atoms with Gasteiger partial charge in [-0.25, -0.2) is 0 Å². The van der Waals surface area contributed by atoms with Gasteiger partial charge in [0.15, 0.2) is 11.5 Å². The van der Waals surface area contributed by atoms with E-state index >= 15 is 0 Å². The molecule has 25 heavy (non-hydrogen) atoms. The number of hydrogen-bond acceptors (Lipinski definition) is 4. The van der Waals surface area contributed by atoms with Gasteiger partial charge in [-0.1, -0.05) is 22.0 Å². The highest BCUT2D eigenvalue weighted by molar-refractivity contribution is 9.10. The van der Waals surface area contributed by atoms with E-state index in [9.17, 15) is 18.4 Å². The Morgan fingerprint density at radius 3 is 2.28 bits per heavy atom. The van der Waals surface area contributed by atoms with Gasteiger partial charge in [-0.3, -0.25) is 20.4 Å². The highest BCUT2D eigenvalue weighted by Gasteiger charge is 2.20. The SMILES string of the molecule is COc1cccc(C(=O)NNC(=O)c2ccc(Br)cc2)c1OC(F)F. The molecule has 0 fully saturated rings. The van der Waals surface area contributed by atoms with Crippen LogP contribution in [0, 0.1) is 0 Å². The van der Waals surface area contributed by atoms with Crippen molar-refractivity contribution in [1.29, 1.82) is 0 Å². The minimum atomic E-state index is -3.14. The third-order valence-electron chi connectivity index (χ3n) is 3.05. The van der Waals surface area contributed by atoms with E-state index in [4.69, 9.17) is 4.74 Å². The van der Waals surface area contributed by atoms with E-state index in [-0.39, 0.29) is 11.3 Å². The molecule has 0 aliphatic carbocycles. The number of ether oxygens (including phenoxy) is 2. The summed E-state index contributed by atoms with van der Waals surface area (Å²) in [5.74, 6) is -1.86. The van der Waals surface area contributed by atoms with E-state index in [1.165, 1.54) is 25.3 Å². The number of carbonyl (C=O) groups excluding carboxylic acids is 2. The van der Waals surface area contributed by atoms with Gasteiger partial charge in [-0.15, -0.1) is 0 Å². The monoisotopic (exact) mass is 414 g/mol. The molecular weight excluding hydrogens is 402 g/mol. The zero-order valence-electron chi connectivity index (χ0n) is 12.9. The van der Waals surface area contributed by atoms with E-state index in [0.717, 1.165) is 4.47 Å². The lowest BCUT2D eigenvalue weighted by Gasteiger charge is -2.14. The molecule has 0 radical (unpaired) electrons. The van der Waals surface area contributed by atoms with Crippen molar-refractivity contribution < 1.29 is 27.8 Å². The predicted octanol–water partition coefficient (Wildman–Crippen LogP) is 3.13. The molecule has 0 heterocycles. The number of hydrazine groups is 1. The number of methoxy groups -OCH3 is 1. The van der Waals surface area contributed by atoms with Crippen molar-refractivity contribution in [1.82, 2.24) is 10.9 Å². The molecule has 2 aromatic carbocycles. The van der Waals surface area contributed by atoms with E-state index in [0.29, 0.717) is 5.56 Å². The Labute approximate surface area is 150 Å². The Kier molecular flexibility index (Phi) is 6.29. The summed E-state index contributed by atoms with van der Waals surface area (Å²) >= 11 is 3.24. The second kappa shape index (κ2) is 8.43. The van der Waals surface area contributed by atoms with Crippen LogP contribution in [0.2, 0.25) is 0 Å². The van der Waals surface area contributed by atoms with Crippen LogP contribution in [0.15, 0.2) is 46.9 Å². The Morgan fingerprint density at radius 2 is 1.68 bits per heavy atom. The lowest BCUT2D eigenvalue weighted by Crippen LogP contribution is -2.41. The standard InChI is InChI=1S/C16H13BrF2N2O4/c1-24-12-4-2-3-11(13(12)25-16(18)19)15(23)21-20-14(22)9-5-7-10(17)8-6-9/h2-8,16H,1H3,(H,20,22)(H,21,23). The molecule has 6 nitrogen and oxygen atoms in total. The van der Waals surface area contributed by atoms with E-state index in [1.54, 1.807) is 24.3 Å². The van der Waals surface area contributed by atoms with Crippen LogP contribution in [0.4, 0.5) is 8.78 Å². The fraction of sp³-hybridized carbons (Fsp3) is 0.125. The van der Waals surface area contributed by atoms with Gasteiger partial charge in [0.05, 0.1) is 12.7 Å². The molecule has 2 aromatic rings. The number of hydrogen-bond donors (Lipinski definition) is 2. The van der Waals surface area contributed by atoms with Gasteiger partial charge < -0.3 is 9.47 Å². The average molecular weight is 415 g/mol. The number of halogens is 3. The van der Waals surface area contributed by atoms with Crippen molar-refractivity contribution in [3.63, 3.8) is 0 Å². The van der Waals surface area contributed by atoms with Crippen LogP contribution in [-0.4, -0.2) is 25.5 Å². The normalized spacial score (nSPS) is 10.3. The highest BCUT2D eigenvalue weighted by Crippen LogP contribution is 2.32. The van der Waals surface area contributed by atoms with Crippen LogP contribution < -0.4 is 20.3 Å². The van der Waals surface area contributed by atoms with Gasteiger partial charge in [0.1, 0.15) is 0 Å². The van der Waals surface area contributed by atoms with Gasteiger partial charge in [0.25, 0.3) is 11.8 Å². The third-order valence-corrected chi connectivity index (χ3v) is 3.58. The molecule has 0 unspecified atom stereocenters. The predicted molar refractivity (Wildman–Crippen MR) is 88.7 cm³/mol. The van der Waals surface area contributed by atoms with E-state index < -0.39 is 24.2 Å². The molecule has 2 amide bonds. The second-order valence-corrected chi connectivity index (χ2v) is 5.55. The maximum Gasteiger partial charge on any atom is 0.387 e. The maximum absolute atomic E-state index is 12.6. The molecule has 0 spiro atoms. The molecule has 0 bridgehead atoms. The molecule has 2 rings (SSSR count). The number of rotatable bonds is 5. The minimum absolute atomic E-state index is 0.0350. The van der Waals surface area contributed by atoms with Gasteiger partial charge in [0, 0.05) is 10.0 Å². The smallest absolute Gasteiger partial charge is 0.387 e. The molecule has 132 valence electrons. The molecule has 2 N–H and O–H groups in total. The van der Waals surface area contributed by atoms with Gasteiger partial charge in [-0.05, 0) is 36.4 Å². The lowest BCUT2D eigenvalue weighted by molar-refractivity contribution is -0.0515. The average Bonchev–Trinajstić information content (AvgIpc) is 2.59. The topological polar surface area (TPSA) is 76.7 Å². The molecular formula is C16H13BrF2N2O4. The quantitative estimate of drug-likeness (QED) is 0.736. The summed E-state index contributed by atoms with van der Waals surface area (Å²) in [5, 5.41) is 0. The lowest BCUT2D eigenvalue weighted by atomic mass is 10.1. The largest absolute Gasteiger partial charge is 0.493 e. The van der Waals surface area contributed by atoms with Crippen molar-refractivity contribution >= 4 is 27.7 Å². The van der Waals surface area contributed by atoms with Crippen molar-refractivity contribution in [3.8, 4) is 11.5 Å². The third kappa shape index (κ3) is 4.90. The van der Waals surface area contributed by atoms with E-state index in [1.807, 2.05) is 0 Å². The first-order chi connectivity index (χ1) is 11.9. The molecule has 9 heteroatoms. The highest BCUT2D eigenvalue weighted by atomic mass is 79.9. The van der Waals surface area contributed by atoms with Crippen LogP contribution in [0.1, 0.15) is 20.7 Å². The van der Waals surface area contributed by atoms with Crippen molar-refractivity contribution in [3.05, 3.63) is 58.1 Å². The molecule has 0 atom stereocenters. The number of alkyl halides is 2. The number of nitrogens with one attached hydrogen (secondary N) is 2. The van der Waals surface area contributed by atoms with E-state index in [2.05, 4.69) is 31.5 Å². The summed E-state index contributed by atoms with van der Waals surface area (Å²) in [6.45, 7) is -3.14. The maximum atomic E-state index is 12.6. The first-order valence-electron chi connectivity index (χ1n) is 6.90. The van der Waals surface area contributed by atoms with Crippen LogP contribution in [-0.2, 0) is 0 Å². The van der Waals surface area contributed by atoms with Crippen LogP contribution in [0.25, 0.3) is 0 Å². The zero-order chi connectivity index (χ0) is 18.4. The summed E-state index contributed by atoms with van der Waals surface area (Å²) in [4.78, 5) is 24.2. The summed E-state index contributed by atoms with van der Waals surface area (Å²) < 4.78 is 35.2. The van der Waals surface area contributed by atoms with Crippen molar-refractivity contribution in [2.45, 2.75) is 6.61 Å². The minimum Gasteiger partial charge on any atom is -0.493 e. The van der Waals surface area contributed by atoms with Crippen molar-refractivity contribution in [2.24, 2.45) is 0 Å². The molecule has 0 aliphatic rings. The van der Waals surface area contributed by atoms with Crippen LogP contribution in [0.3, 0.4) is 0 Å². The van der Waals surface area contributed by atoms with Crippen molar-refractivity contribution in [2.75, 3.05) is 7.11 Å². The first kappa shape index (κ1) is 18.7. The molecule has 0 saturated carbocycles. The van der Waals surface area contributed by atoms with Crippen LogP contribution in [0.5, 0.6) is 11.5 Å². The number of para-hydroxylation sites is 1. The summed E-state index contributed by atoms with van der Waals surface area (Å²) in [7, 11) is 1.25. The van der Waals surface area contributed by atoms with Gasteiger partial charge in [0.2, 0.25) is 0 Å². The van der Waals surface area contributed by atoms with Gasteiger partial charge >= 0.3 is 6.61 Å². The fourth-order valence-electron chi connectivity index (χ4n) is 1.92. The Morgan fingerprint density at radius 1 is 1.04 bits per heavy atom. The van der Waals surface area contributed by atoms with Crippen LogP contribution >= 0.6 is 15.9 Å². The zero-order valence-corrected chi connectivity index (χ0v) is 14.5. The Balaban J connectivity index is 2.12.